The quantitative estimate of drug-likeness (QED) is 0.450. The Labute approximate surface area is 172 Å². The molecular formula is C20H19ClN4O4. The van der Waals surface area contributed by atoms with E-state index in [2.05, 4.69) is 15.1 Å². The van der Waals surface area contributed by atoms with Crippen LogP contribution in [-0.2, 0) is 4.74 Å². The number of morpholine rings is 1. The van der Waals surface area contributed by atoms with Crippen molar-refractivity contribution in [1.82, 2.24) is 15.1 Å². The van der Waals surface area contributed by atoms with Crippen molar-refractivity contribution in [3.05, 3.63) is 75.1 Å². The Kier molecular flexibility index (Phi) is 5.57. The van der Waals surface area contributed by atoms with E-state index in [9.17, 15) is 10.1 Å². The summed E-state index contributed by atoms with van der Waals surface area (Å²) < 4.78 is 11.8. The molecular weight excluding hydrogens is 396 g/mol. The summed E-state index contributed by atoms with van der Waals surface area (Å²) in [4.78, 5) is 12.6. The summed E-state index contributed by atoms with van der Waals surface area (Å²) in [5, 5.41) is 19.8. The number of non-ortho nitro benzene ring substituents is 1. The fourth-order valence-corrected chi connectivity index (χ4v) is 3.43. The molecule has 1 aromatic heterocycles. The van der Waals surface area contributed by atoms with Gasteiger partial charge in [0.05, 0.1) is 23.7 Å². The third-order valence-corrected chi connectivity index (χ3v) is 5.26. The van der Waals surface area contributed by atoms with Crippen molar-refractivity contribution in [2.45, 2.75) is 19.1 Å². The number of aromatic nitrogens is 2. The molecule has 1 saturated heterocycles. The smallest absolute Gasteiger partial charge is 0.269 e. The van der Waals surface area contributed by atoms with Crippen molar-refractivity contribution in [2.24, 2.45) is 0 Å². The van der Waals surface area contributed by atoms with Gasteiger partial charge in [0.1, 0.15) is 0 Å². The predicted octanol–water partition coefficient (Wildman–Crippen LogP) is 4.43. The Balaban J connectivity index is 1.47. The molecule has 2 unspecified atom stereocenters. The van der Waals surface area contributed by atoms with Crippen molar-refractivity contribution < 1.29 is 14.1 Å². The molecule has 29 heavy (non-hydrogen) atoms. The highest BCUT2D eigenvalue weighted by atomic mass is 35.5. The van der Waals surface area contributed by atoms with Crippen molar-refractivity contribution >= 4 is 17.3 Å². The number of nitro benzene ring substituents is 1. The molecule has 2 aromatic carbocycles. The zero-order chi connectivity index (χ0) is 20.4. The zero-order valence-corrected chi connectivity index (χ0v) is 16.5. The summed E-state index contributed by atoms with van der Waals surface area (Å²) >= 11 is 5.97. The van der Waals surface area contributed by atoms with Crippen LogP contribution in [0.5, 0.6) is 0 Å². The SMILES string of the molecule is CC(c1nnc(-c2ccc([N+](=O)[O-])cc2)o1)N1CCOC(c2ccc(Cl)cc2)C1. The van der Waals surface area contributed by atoms with Gasteiger partial charge in [0.2, 0.25) is 11.8 Å². The fourth-order valence-electron chi connectivity index (χ4n) is 3.30. The van der Waals surface area contributed by atoms with Crippen LogP contribution in [0, 0.1) is 10.1 Å². The molecule has 2 heterocycles. The maximum atomic E-state index is 10.8. The summed E-state index contributed by atoms with van der Waals surface area (Å²) in [6, 6.07) is 13.6. The van der Waals surface area contributed by atoms with Gasteiger partial charge in [-0.05, 0) is 36.8 Å². The van der Waals surface area contributed by atoms with Crippen LogP contribution in [0.4, 0.5) is 5.69 Å². The number of nitro groups is 1. The Bertz CT molecular complexity index is 990. The molecule has 0 bridgehead atoms. The second-order valence-electron chi connectivity index (χ2n) is 6.83. The van der Waals surface area contributed by atoms with E-state index >= 15 is 0 Å². The van der Waals surface area contributed by atoms with Crippen LogP contribution in [0.1, 0.15) is 30.5 Å². The second-order valence-corrected chi connectivity index (χ2v) is 7.27. The third kappa shape index (κ3) is 4.29. The largest absolute Gasteiger partial charge is 0.419 e. The minimum absolute atomic E-state index is 0.0171. The Morgan fingerprint density at radius 1 is 1.17 bits per heavy atom. The lowest BCUT2D eigenvalue weighted by atomic mass is 10.1. The number of halogens is 1. The van der Waals surface area contributed by atoms with Crippen molar-refractivity contribution in [3.63, 3.8) is 0 Å². The minimum Gasteiger partial charge on any atom is -0.419 e. The lowest BCUT2D eigenvalue weighted by Crippen LogP contribution is -2.40. The molecule has 150 valence electrons. The first-order chi connectivity index (χ1) is 14.0. The monoisotopic (exact) mass is 414 g/mol. The van der Waals surface area contributed by atoms with Crippen LogP contribution in [-0.4, -0.2) is 39.7 Å². The van der Waals surface area contributed by atoms with E-state index in [0.717, 1.165) is 12.1 Å². The van der Waals surface area contributed by atoms with E-state index in [-0.39, 0.29) is 17.8 Å². The van der Waals surface area contributed by atoms with Crippen LogP contribution in [0.15, 0.2) is 52.9 Å². The normalized spacial score (nSPS) is 18.5. The van der Waals surface area contributed by atoms with E-state index in [0.29, 0.717) is 35.5 Å². The van der Waals surface area contributed by atoms with Gasteiger partial charge in [0.25, 0.3) is 5.69 Å². The zero-order valence-electron chi connectivity index (χ0n) is 15.7. The molecule has 0 saturated carbocycles. The van der Waals surface area contributed by atoms with Crippen molar-refractivity contribution in [1.29, 1.82) is 0 Å². The molecule has 0 spiro atoms. The van der Waals surface area contributed by atoms with Gasteiger partial charge >= 0.3 is 0 Å². The van der Waals surface area contributed by atoms with Crippen molar-refractivity contribution in [2.75, 3.05) is 19.7 Å². The highest BCUT2D eigenvalue weighted by Crippen LogP contribution is 2.30. The number of hydrogen-bond donors (Lipinski definition) is 0. The molecule has 0 aliphatic carbocycles. The molecule has 3 aromatic rings. The van der Waals surface area contributed by atoms with Gasteiger partial charge in [-0.25, -0.2) is 0 Å². The summed E-state index contributed by atoms with van der Waals surface area (Å²) in [5.74, 6) is 0.833. The van der Waals surface area contributed by atoms with Gasteiger partial charge in [0.15, 0.2) is 0 Å². The van der Waals surface area contributed by atoms with Gasteiger partial charge in [-0.3, -0.25) is 15.0 Å². The first-order valence-electron chi connectivity index (χ1n) is 9.20. The standard InChI is InChI=1S/C20H19ClN4O4/c1-13(24-10-11-28-18(12-24)14-2-6-16(21)7-3-14)19-22-23-20(29-19)15-4-8-17(9-5-15)25(26)27/h2-9,13,18H,10-12H2,1H3. The van der Waals surface area contributed by atoms with Gasteiger partial charge in [-0.1, -0.05) is 23.7 Å². The van der Waals surface area contributed by atoms with Crippen LogP contribution < -0.4 is 0 Å². The number of benzene rings is 2. The fraction of sp³-hybridized carbons (Fsp3) is 0.300. The molecule has 4 rings (SSSR count). The van der Waals surface area contributed by atoms with Gasteiger partial charge < -0.3 is 9.15 Å². The maximum Gasteiger partial charge on any atom is 0.269 e. The van der Waals surface area contributed by atoms with E-state index in [4.69, 9.17) is 20.8 Å². The Morgan fingerprint density at radius 2 is 1.90 bits per heavy atom. The lowest BCUT2D eigenvalue weighted by Gasteiger charge is -2.35. The molecule has 1 fully saturated rings. The summed E-state index contributed by atoms with van der Waals surface area (Å²) in [5.41, 5.74) is 1.73. The average molecular weight is 415 g/mol. The highest BCUT2D eigenvalue weighted by Gasteiger charge is 2.29. The molecule has 2 atom stereocenters. The number of ether oxygens (including phenoxy) is 1. The van der Waals surface area contributed by atoms with Gasteiger partial charge in [-0.15, -0.1) is 10.2 Å². The van der Waals surface area contributed by atoms with Gasteiger partial charge in [0, 0.05) is 35.8 Å². The topological polar surface area (TPSA) is 94.5 Å². The van der Waals surface area contributed by atoms with E-state index < -0.39 is 4.92 Å². The molecule has 0 radical (unpaired) electrons. The summed E-state index contributed by atoms with van der Waals surface area (Å²) in [6.07, 6.45) is -0.0551. The summed E-state index contributed by atoms with van der Waals surface area (Å²) in [6.45, 7) is 4.05. The number of nitrogens with zero attached hydrogens (tertiary/aromatic N) is 4. The lowest BCUT2D eigenvalue weighted by molar-refractivity contribution is -0.384. The van der Waals surface area contributed by atoms with E-state index in [1.807, 2.05) is 31.2 Å². The van der Waals surface area contributed by atoms with E-state index in [1.165, 1.54) is 12.1 Å². The van der Waals surface area contributed by atoms with Crippen LogP contribution >= 0.6 is 11.6 Å². The van der Waals surface area contributed by atoms with Crippen LogP contribution in [0.2, 0.25) is 5.02 Å². The summed E-state index contributed by atoms with van der Waals surface area (Å²) in [7, 11) is 0. The highest BCUT2D eigenvalue weighted by molar-refractivity contribution is 6.30. The molecule has 1 aliphatic rings. The maximum absolute atomic E-state index is 10.8. The van der Waals surface area contributed by atoms with Crippen molar-refractivity contribution in [3.8, 4) is 11.5 Å². The Hall–Kier alpha value is -2.81. The molecule has 1 aliphatic heterocycles. The minimum atomic E-state index is -0.444. The average Bonchev–Trinajstić information content (AvgIpc) is 3.24. The Morgan fingerprint density at radius 3 is 2.59 bits per heavy atom. The predicted molar refractivity (Wildman–Crippen MR) is 107 cm³/mol. The van der Waals surface area contributed by atoms with Crippen LogP contribution in [0.25, 0.3) is 11.5 Å². The molecule has 8 nitrogen and oxygen atoms in total. The van der Waals surface area contributed by atoms with E-state index in [1.54, 1.807) is 12.1 Å². The van der Waals surface area contributed by atoms with Gasteiger partial charge in [-0.2, -0.15) is 0 Å². The second kappa shape index (κ2) is 8.28. The first-order valence-corrected chi connectivity index (χ1v) is 9.58. The van der Waals surface area contributed by atoms with Crippen LogP contribution in [0.3, 0.4) is 0 Å². The molecule has 0 amide bonds. The molecule has 9 heteroatoms. The first kappa shape index (κ1) is 19.5. The number of hydrogen-bond acceptors (Lipinski definition) is 7. The molecule has 0 N–H and O–H groups in total. The number of rotatable bonds is 5. The third-order valence-electron chi connectivity index (χ3n) is 5.01.